The van der Waals surface area contributed by atoms with Crippen LogP contribution in [-0.2, 0) is 27.9 Å². The summed E-state index contributed by atoms with van der Waals surface area (Å²) in [6.07, 6.45) is 11.0. The number of ether oxygens (including phenoxy) is 2. The first-order valence-electron chi connectivity index (χ1n) is 12.8. The van der Waals surface area contributed by atoms with E-state index < -0.39 is 5.79 Å². The first kappa shape index (κ1) is 21.9. The Kier molecular flexibility index (Phi) is 5.05. The zero-order valence-corrected chi connectivity index (χ0v) is 20.8. The van der Waals surface area contributed by atoms with Gasteiger partial charge in [0.05, 0.1) is 30.2 Å². The van der Waals surface area contributed by atoms with Gasteiger partial charge < -0.3 is 14.0 Å². The third kappa shape index (κ3) is 3.17. The lowest BCUT2D eigenvalue weighted by Gasteiger charge is -2.50. The molecule has 0 bridgehead atoms. The molecule has 2 aliphatic carbocycles. The molecule has 5 heterocycles. The summed E-state index contributed by atoms with van der Waals surface area (Å²) in [6, 6.07) is 0. The standard InChI is InChI=1S/C25H30ClN6O3/c1-31-11-5-6-16(31)15-32-23-18(14-27-32)21(26)28-22(29-23)19-17-7-4-9-24(20(17)35-30-19)8-2-3-10-25(24)33-12-13-34-25/h14H,2-13,15H2,1H3/q+1/t24-/m0/s1. The van der Waals surface area contributed by atoms with Gasteiger partial charge in [0, 0.05) is 24.8 Å². The molecule has 35 heavy (non-hydrogen) atoms. The van der Waals surface area contributed by atoms with Crippen molar-refractivity contribution in [3.8, 4) is 11.5 Å². The molecule has 0 unspecified atom stereocenters. The molecule has 1 saturated heterocycles. The lowest BCUT2D eigenvalue weighted by atomic mass is 9.61. The summed E-state index contributed by atoms with van der Waals surface area (Å²) in [5.74, 6) is 0.786. The summed E-state index contributed by atoms with van der Waals surface area (Å²) in [5.41, 5.74) is 3.53. The van der Waals surface area contributed by atoms with Gasteiger partial charge in [-0.1, -0.05) is 23.2 Å². The van der Waals surface area contributed by atoms with Crippen LogP contribution in [-0.4, -0.2) is 67.8 Å². The molecule has 0 N–H and O–H groups in total. The van der Waals surface area contributed by atoms with E-state index in [0.717, 1.165) is 80.3 Å². The van der Waals surface area contributed by atoms with Gasteiger partial charge in [-0.15, -0.1) is 0 Å². The fourth-order valence-corrected chi connectivity index (χ4v) is 7.06. The molecule has 1 saturated carbocycles. The largest absolute Gasteiger partial charge is 0.360 e. The van der Waals surface area contributed by atoms with Crippen molar-refractivity contribution in [1.82, 2.24) is 24.9 Å². The van der Waals surface area contributed by atoms with Crippen molar-refractivity contribution in [2.24, 2.45) is 0 Å². The second kappa shape index (κ2) is 8.08. The SMILES string of the molecule is C[N+]1=C(Cn2ncc3c(Cl)nc(-c4noc5c4CCC[C@@]54CCCCC45OCCO5)nc32)CCC1. The van der Waals surface area contributed by atoms with Crippen LogP contribution in [0.3, 0.4) is 0 Å². The Labute approximate surface area is 208 Å². The van der Waals surface area contributed by atoms with E-state index in [2.05, 4.69) is 26.9 Å². The fraction of sp³-hybridized carbons (Fsp3) is 0.640. The minimum Gasteiger partial charge on any atom is -0.360 e. The highest BCUT2D eigenvalue weighted by atomic mass is 35.5. The zero-order chi connectivity index (χ0) is 23.6. The second-order valence-electron chi connectivity index (χ2n) is 10.4. The number of fused-ring (bicyclic) bond motifs is 4. The molecule has 0 aromatic carbocycles. The normalized spacial score (nSPS) is 25.9. The van der Waals surface area contributed by atoms with Gasteiger partial charge in [-0.3, -0.25) is 0 Å². The van der Waals surface area contributed by atoms with E-state index >= 15 is 0 Å². The van der Waals surface area contributed by atoms with Crippen LogP contribution < -0.4 is 0 Å². The van der Waals surface area contributed by atoms with E-state index in [4.69, 9.17) is 30.6 Å². The Bertz CT molecular complexity index is 1340. The highest BCUT2D eigenvalue weighted by Crippen LogP contribution is 2.57. The monoisotopic (exact) mass is 497 g/mol. The molecule has 1 atom stereocenters. The van der Waals surface area contributed by atoms with Crippen LogP contribution in [0.4, 0.5) is 0 Å². The highest BCUT2D eigenvalue weighted by molar-refractivity contribution is 6.34. The van der Waals surface area contributed by atoms with Crippen molar-refractivity contribution in [3.63, 3.8) is 0 Å². The predicted molar refractivity (Wildman–Crippen MR) is 129 cm³/mol. The van der Waals surface area contributed by atoms with E-state index in [1.807, 2.05) is 4.68 Å². The second-order valence-corrected chi connectivity index (χ2v) is 10.8. The molecule has 2 spiro atoms. The van der Waals surface area contributed by atoms with Gasteiger partial charge in [-0.2, -0.15) is 5.10 Å². The highest BCUT2D eigenvalue weighted by Gasteiger charge is 2.61. The van der Waals surface area contributed by atoms with Crippen molar-refractivity contribution in [1.29, 1.82) is 0 Å². The van der Waals surface area contributed by atoms with Crippen LogP contribution in [0.5, 0.6) is 0 Å². The van der Waals surface area contributed by atoms with Crippen LogP contribution in [0.25, 0.3) is 22.6 Å². The minimum atomic E-state index is -0.608. The van der Waals surface area contributed by atoms with Gasteiger partial charge in [0.2, 0.25) is 0 Å². The molecule has 2 aliphatic heterocycles. The van der Waals surface area contributed by atoms with Crippen LogP contribution in [0.2, 0.25) is 5.15 Å². The van der Waals surface area contributed by atoms with Gasteiger partial charge >= 0.3 is 0 Å². The van der Waals surface area contributed by atoms with Crippen LogP contribution in [0.1, 0.15) is 62.7 Å². The smallest absolute Gasteiger partial charge is 0.185 e. The van der Waals surface area contributed by atoms with Gasteiger partial charge in [0.25, 0.3) is 0 Å². The molecule has 7 rings (SSSR count). The lowest BCUT2D eigenvalue weighted by molar-refractivity contribution is -0.489. The maximum Gasteiger partial charge on any atom is 0.185 e. The Morgan fingerprint density at radius 3 is 2.71 bits per heavy atom. The van der Waals surface area contributed by atoms with Crippen molar-refractivity contribution in [2.75, 3.05) is 26.8 Å². The Hall–Kier alpha value is -2.36. The maximum atomic E-state index is 6.64. The summed E-state index contributed by atoms with van der Waals surface area (Å²) >= 11 is 6.64. The Morgan fingerprint density at radius 2 is 1.89 bits per heavy atom. The summed E-state index contributed by atoms with van der Waals surface area (Å²) in [6.45, 7) is 3.04. The number of hydrogen-bond donors (Lipinski definition) is 0. The molecule has 3 aromatic rings. The van der Waals surface area contributed by atoms with E-state index in [1.54, 1.807) is 6.20 Å². The molecular weight excluding hydrogens is 468 g/mol. The number of halogens is 1. The average Bonchev–Trinajstić information content (AvgIpc) is 3.65. The maximum absolute atomic E-state index is 6.64. The van der Waals surface area contributed by atoms with Gasteiger partial charge in [0.1, 0.15) is 25.3 Å². The van der Waals surface area contributed by atoms with E-state index in [9.17, 15) is 0 Å². The molecule has 184 valence electrons. The number of rotatable bonds is 3. The molecule has 3 aromatic heterocycles. The summed E-state index contributed by atoms with van der Waals surface area (Å²) in [4.78, 5) is 9.56. The molecule has 9 nitrogen and oxygen atoms in total. The first-order valence-corrected chi connectivity index (χ1v) is 13.2. The number of aromatic nitrogens is 5. The molecule has 10 heteroatoms. The molecule has 0 amide bonds. The van der Waals surface area contributed by atoms with E-state index in [1.165, 1.54) is 12.1 Å². The third-order valence-electron chi connectivity index (χ3n) is 8.59. The molecule has 2 fully saturated rings. The predicted octanol–water partition coefficient (Wildman–Crippen LogP) is 3.90. The van der Waals surface area contributed by atoms with E-state index in [0.29, 0.717) is 36.4 Å². The number of hydrogen-bond acceptors (Lipinski definition) is 7. The first-order chi connectivity index (χ1) is 17.1. The molecule has 0 radical (unpaired) electrons. The molecular formula is C25H30ClN6O3+. The van der Waals surface area contributed by atoms with E-state index in [-0.39, 0.29) is 5.41 Å². The summed E-state index contributed by atoms with van der Waals surface area (Å²) < 4.78 is 23.0. The van der Waals surface area contributed by atoms with Crippen LogP contribution >= 0.6 is 11.6 Å². The average molecular weight is 498 g/mol. The van der Waals surface area contributed by atoms with Crippen molar-refractivity contribution in [3.05, 3.63) is 22.7 Å². The van der Waals surface area contributed by atoms with Crippen LogP contribution in [0.15, 0.2) is 10.7 Å². The third-order valence-corrected chi connectivity index (χ3v) is 8.88. The quantitative estimate of drug-likeness (QED) is 0.400. The van der Waals surface area contributed by atoms with Gasteiger partial charge in [-0.25, -0.2) is 19.2 Å². The summed E-state index contributed by atoms with van der Waals surface area (Å²) in [7, 11) is 2.13. The Balaban J connectivity index is 1.33. The zero-order valence-electron chi connectivity index (χ0n) is 20.1. The lowest BCUT2D eigenvalue weighted by Crippen LogP contribution is -2.56. The topological polar surface area (TPSA) is 91.1 Å². The van der Waals surface area contributed by atoms with Gasteiger partial charge in [-0.05, 0) is 32.1 Å². The van der Waals surface area contributed by atoms with Crippen molar-refractivity contribution < 1.29 is 18.6 Å². The van der Waals surface area contributed by atoms with Crippen molar-refractivity contribution in [2.45, 2.75) is 75.5 Å². The minimum absolute atomic E-state index is 0.306. The van der Waals surface area contributed by atoms with Crippen molar-refractivity contribution >= 4 is 28.3 Å². The fourth-order valence-electron chi connectivity index (χ4n) is 6.85. The summed E-state index contributed by atoms with van der Waals surface area (Å²) in [5, 5.41) is 10.3. The Morgan fingerprint density at radius 1 is 1.06 bits per heavy atom. The van der Waals surface area contributed by atoms with Crippen LogP contribution in [0, 0.1) is 0 Å². The van der Waals surface area contributed by atoms with Gasteiger partial charge in [0.15, 0.2) is 34.4 Å². The number of nitrogens with zero attached hydrogens (tertiary/aromatic N) is 6. The molecule has 4 aliphatic rings.